The third-order valence-corrected chi connectivity index (χ3v) is 2.25. The molecular formula is C10H17N3O. The van der Waals surface area contributed by atoms with Gasteiger partial charge in [-0.05, 0) is 5.92 Å². The SMILES string of the molecule is COC(C(C)C)C(N)c1cncnc1. The Bertz CT molecular complexity index is 263. The molecule has 1 heterocycles. The van der Waals surface area contributed by atoms with Gasteiger partial charge in [0.05, 0.1) is 12.1 Å². The van der Waals surface area contributed by atoms with E-state index in [1.807, 2.05) is 0 Å². The molecule has 4 heteroatoms. The summed E-state index contributed by atoms with van der Waals surface area (Å²) in [6.07, 6.45) is 4.95. The standard InChI is InChI=1S/C10H17N3O/c1-7(2)10(14-3)9(11)8-4-12-6-13-5-8/h4-7,9-10H,11H2,1-3H3. The molecule has 0 aliphatic rings. The maximum Gasteiger partial charge on any atom is 0.115 e. The zero-order valence-electron chi connectivity index (χ0n) is 8.84. The highest BCUT2D eigenvalue weighted by Crippen LogP contribution is 2.20. The summed E-state index contributed by atoms with van der Waals surface area (Å²) in [4.78, 5) is 7.87. The molecule has 0 saturated heterocycles. The van der Waals surface area contributed by atoms with Gasteiger partial charge in [0.15, 0.2) is 0 Å². The van der Waals surface area contributed by atoms with Crippen molar-refractivity contribution in [1.29, 1.82) is 0 Å². The van der Waals surface area contributed by atoms with Crippen LogP contribution in [-0.2, 0) is 4.74 Å². The van der Waals surface area contributed by atoms with E-state index in [0.717, 1.165) is 5.56 Å². The van der Waals surface area contributed by atoms with Crippen LogP contribution in [-0.4, -0.2) is 23.2 Å². The van der Waals surface area contributed by atoms with E-state index in [1.165, 1.54) is 6.33 Å². The fraction of sp³-hybridized carbons (Fsp3) is 0.600. The van der Waals surface area contributed by atoms with Gasteiger partial charge in [0.1, 0.15) is 6.33 Å². The van der Waals surface area contributed by atoms with Crippen molar-refractivity contribution in [2.75, 3.05) is 7.11 Å². The molecule has 14 heavy (non-hydrogen) atoms. The van der Waals surface area contributed by atoms with Crippen molar-refractivity contribution in [3.8, 4) is 0 Å². The molecule has 0 aliphatic carbocycles. The molecule has 2 N–H and O–H groups in total. The Hall–Kier alpha value is -1.00. The Morgan fingerprint density at radius 2 is 1.86 bits per heavy atom. The average Bonchev–Trinajstić information content (AvgIpc) is 2.19. The van der Waals surface area contributed by atoms with Crippen molar-refractivity contribution in [3.63, 3.8) is 0 Å². The number of nitrogens with two attached hydrogens (primary N) is 1. The molecule has 1 aromatic heterocycles. The van der Waals surface area contributed by atoms with E-state index in [4.69, 9.17) is 10.5 Å². The summed E-state index contributed by atoms with van der Waals surface area (Å²) in [6.45, 7) is 4.16. The van der Waals surface area contributed by atoms with Gasteiger partial charge in [-0.3, -0.25) is 0 Å². The van der Waals surface area contributed by atoms with Crippen LogP contribution in [0.4, 0.5) is 0 Å². The van der Waals surface area contributed by atoms with Crippen LogP contribution in [0.1, 0.15) is 25.5 Å². The first-order valence-corrected chi connectivity index (χ1v) is 4.70. The Morgan fingerprint density at radius 1 is 1.29 bits per heavy atom. The van der Waals surface area contributed by atoms with Gasteiger partial charge in [0.25, 0.3) is 0 Å². The monoisotopic (exact) mass is 195 g/mol. The maximum absolute atomic E-state index is 6.05. The first-order valence-electron chi connectivity index (χ1n) is 4.70. The Balaban J connectivity index is 2.78. The number of ether oxygens (including phenoxy) is 1. The normalized spacial score (nSPS) is 15.5. The zero-order chi connectivity index (χ0) is 10.6. The summed E-state index contributed by atoms with van der Waals surface area (Å²) in [5.74, 6) is 0.371. The number of rotatable bonds is 4. The zero-order valence-corrected chi connectivity index (χ0v) is 8.84. The maximum atomic E-state index is 6.05. The molecule has 0 fully saturated rings. The summed E-state index contributed by atoms with van der Waals surface area (Å²) in [7, 11) is 1.67. The number of aromatic nitrogens is 2. The van der Waals surface area contributed by atoms with Gasteiger partial charge in [-0.25, -0.2) is 9.97 Å². The lowest BCUT2D eigenvalue weighted by molar-refractivity contribution is 0.0435. The predicted molar refractivity (Wildman–Crippen MR) is 54.6 cm³/mol. The summed E-state index contributed by atoms with van der Waals surface area (Å²) in [6, 6.07) is -0.166. The Labute approximate surface area is 84.5 Å². The van der Waals surface area contributed by atoms with Crippen LogP contribution in [0.5, 0.6) is 0 Å². The predicted octanol–water partition coefficient (Wildman–Crippen LogP) is 1.15. The number of hydrogen-bond donors (Lipinski definition) is 1. The van der Waals surface area contributed by atoms with E-state index in [9.17, 15) is 0 Å². The van der Waals surface area contributed by atoms with Crippen molar-refractivity contribution in [2.45, 2.75) is 26.0 Å². The highest BCUT2D eigenvalue weighted by Gasteiger charge is 2.22. The molecule has 4 nitrogen and oxygen atoms in total. The Kier molecular flexibility index (Phi) is 3.98. The average molecular weight is 195 g/mol. The fourth-order valence-corrected chi connectivity index (χ4v) is 1.51. The van der Waals surface area contributed by atoms with Gasteiger partial charge in [0, 0.05) is 25.1 Å². The van der Waals surface area contributed by atoms with Gasteiger partial charge in [-0.1, -0.05) is 13.8 Å². The van der Waals surface area contributed by atoms with E-state index in [1.54, 1.807) is 19.5 Å². The second kappa shape index (κ2) is 5.02. The van der Waals surface area contributed by atoms with Gasteiger partial charge in [-0.2, -0.15) is 0 Å². The molecule has 0 saturated carbocycles. The highest BCUT2D eigenvalue weighted by molar-refractivity contribution is 5.10. The lowest BCUT2D eigenvalue weighted by atomic mass is 9.96. The molecule has 1 aromatic rings. The molecule has 0 bridgehead atoms. The Morgan fingerprint density at radius 3 is 2.29 bits per heavy atom. The minimum atomic E-state index is -0.166. The smallest absolute Gasteiger partial charge is 0.115 e. The van der Waals surface area contributed by atoms with E-state index in [0.29, 0.717) is 5.92 Å². The van der Waals surface area contributed by atoms with Crippen LogP contribution in [0.15, 0.2) is 18.7 Å². The van der Waals surface area contributed by atoms with Crippen molar-refractivity contribution < 1.29 is 4.74 Å². The van der Waals surface area contributed by atoms with Gasteiger partial charge in [0.2, 0.25) is 0 Å². The summed E-state index contributed by atoms with van der Waals surface area (Å²) < 4.78 is 5.35. The quantitative estimate of drug-likeness (QED) is 0.782. The van der Waals surface area contributed by atoms with Crippen LogP contribution in [0.3, 0.4) is 0 Å². The molecule has 0 aliphatic heterocycles. The van der Waals surface area contributed by atoms with Crippen LogP contribution < -0.4 is 5.73 Å². The second-order valence-electron chi connectivity index (χ2n) is 3.64. The van der Waals surface area contributed by atoms with Crippen LogP contribution in [0.25, 0.3) is 0 Å². The van der Waals surface area contributed by atoms with E-state index >= 15 is 0 Å². The highest BCUT2D eigenvalue weighted by atomic mass is 16.5. The molecule has 1 rings (SSSR count). The van der Waals surface area contributed by atoms with Crippen molar-refractivity contribution >= 4 is 0 Å². The van der Waals surface area contributed by atoms with Gasteiger partial charge >= 0.3 is 0 Å². The molecule has 0 aromatic carbocycles. The van der Waals surface area contributed by atoms with Crippen molar-refractivity contribution in [3.05, 3.63) is 24.3 Å². The minimum Gasteiger partial charge on any atom is -0.379 e. The molecular weight excluding hydrogens is 178 g/mol. The number of hydrogen-bond acceptors (Lipinski definition) is 4. The van der Waals surface area contributed by atoms with Crippen LogP contribution >= 0.6 is 0 Å². The van der Waals surface area contributed by atoms with Crippen LogP contribution in [0.2, 0.25) is 0 Å². The van der Waals surface area contributed by atoms with Crippen molar-refractivity contribution in [2.24, 2.45) is 11.7 Å². The summed E-state index contributed by atoms with van der Waals surface area (Å²) in [5.41, 5.74) is 6.96. The first-order chi connectivity index (χ1) is 6.66. The number of nitrogens with zero attached hydrogens (tertiary/aromatic N) is 2. The van der Waals surface area contributed by atoms with E-state index < -0.39 is 0 Å². The molecule has 78 valence electrons. The molecule has 0 amide bonds. The third-order valence-electron chi connectivity index (χ3n) is 2.25. The molecule has 2 unspecified atom stereocenters. The van der Waals surface area contributed by atoms with Crippen LogP contribution in [0, 0.1) is 5.92 Å². The van der Waals surface area contributed by atoms with Crippen molar-refractivity contribution in [1.82, 2.24) is 9.97 Å². The largest absolute Gasteiger partial charge is 0.379 e. The second-order valence-corrected chi connectivity index (χ2v) is 3.64. The third kappa shape index (κ3) is 2.49. The lowest BCUT2D eigenvalue weighted by Gasteiger charge is -2.25. The summed E-state index contributed by atoms with van der Waals surface area (Å²) in [5, 5.41) is 0. The van der Waals surface area contributed by atoms with Gasteiger partial charge in [-0.15, -0.1) is 0 Å². The van der Waals surface area contributed by atoms with E-state index in [2.05, 4.69) is 23.8 Å². The lowest BCUT2D eigenvalue weighted by Crippen LogP contribution is -2.32. The molecule has 0 spiro atoms. The molecule has 0 radical (unpaired) electrons. The van der Waals surface area contributed by atoms with E-state index in [-0.39, 0.29) is 12.1 Å². The topological polar surface area (TPSA) is 61.0 Å². The first kappa shape index (κ1) is 11.1. The fourth-order valence-electron chi connectivity index (χ4n) is 1.51. The van der Waals surface area contributed by atoms with Gasteiger partial charge < -0.3 is 10.5 Å². The minimum absolute atomic E-state index is 0.000926. The summed E-state index contributed by atoms with van der Waals surface area (Å²) >= 11 is 0. The molecule has 2 atom stereocenters. The number of methoxy groups -OCH3 is 1.